The van der Waals surface area contributed by atoms with Crippen molar-refractivity contribution in [1.82, 2.24) is 9.88 Å². The fraction of sp³-hybridized carbons (Fsp3) is 0.438. The third-order valence-corrected chi connectivity index (χ3v) is 4.30. The Hall–Kier alpha value is -1.13. The maximum absolute atomic E-state index is 4.64. The summed E-state index contributed by atoms with van der Waals surface area (Å²) in [5.74, 6) is 1.14. The van der Waals surface area contributed by atoms with Crippen LogP contribution < -0.4 is 4.90 Å². The Morgan fingerprint density at radius 2 is 1.95 bits per heavy atom. The lowest BCUT2D eigenvalue weighted by atomic mass is 10.1. The minimum absolute atomic E-state index is 1.06. The van der Waals surface area contributed by atoms with Gasteiger partial charge in [0.2, 0.25) is 0 Å². The quantitative estimate of drug-likeness (QED) is 0.804. The lowest BCUT2D eigenvalue weighted by Crippen LogP contribution is -2.32. The molecule has 106 valence electrons. The molecule has 2 aromatic rings. The molecule has 1 fully saturated rings. The van der Waals surface area contributed by atoms with Gasteiger partial charge in [-0.05, 0) is 24.4 Å². The Bertz CT molecular complexity index is 567. The van der Waals surface area contributed by atoms with E-state index in [0.717, 1.165) is 37.3 Å². The van der Waals surface area contributed by atoms with E-state index in [9.17, 15) is 0 Å². The van der Waals surface area contributed by atoms with E-state index in [4.69, 9.17) is 0 Å². The Morgan fingerprint density at radius 1 is 1.05 bits per heavy atom. The summed E-state index contributed by atoms with van der Waals surface area (Å²) in [7, 11) is 0. The summed E-state index contributed by atoms with van der Waals surface area (Å²) in [6.07, 6.45) is 3.14. The van der Waals surface area contributed by atoms with Crippen molar-refractivity contribution in [3.8, 4) is 0 Å². The first-order valence-electron chi connectivity index (χ1n) is 7.25. The molecule has 0 bridgehead atoms. The van der Waals surface area contributed by atoms with Crippen LogP contribution in [0.4, 0.5) is 5.82 Å². The third-order valence-electron chi connectivity index (χ3n) is 3.94. The van der Waals surface area contributed by atoms with Gasteiger partial charge in [0.15, 0.2) is 0 Å². The molecule has 1 aliphatic heterocycles. The number of alkyl halides is 1. The van der Waals surface area contributed by atoms with Gasteiger partial charge in [-0.3, -0.25) is 0 Å². The molecule has 0 atom stereocenters. The fourth-order valence-electron chi connectivity index (χ4n) is 2.88. The highest BCUT2D eigenvalue weighted by Gasteiger charge is 2.17. The van der Waals surface area contributed by atoms with E-state index in [1.165, 1.54) is 23.7 Å². The minimum atomic E-state index is 1.06. The SMILES string of the molecule is BrCCN1CCCN(c2nccc3ccccc23)CC1. The average Bonchev–Trinajstić information content (AvgIpc) is 2.73. The summed E-state index contributed by atoms with van der Waals surface area (Å²) in [6.45, 7) is 5.61. The smallest absolute Gasteiger partial charge is 0.136 e. The molecular weight excluding hydrogens is 314 g/mol. The highest BCUT2D eigenvalue weighted by Crippen LogP contribution is 2.24. The zero-order valence-electron chi connectivity index (χ0n) is 11.6. The number of nitrogens with zero attached hydrogens (tertiary/aromatic N) is 3. The van der Waals surface area contributed by atoms with Crippen LogP contribution in [0.3, 0.4) is 0 Å². The van der Waals surface area contributed by atoms with Crippen LogP contribution in [0.15, 0.2) is 36.5 Å². The van der Waals surface area contributed by atoms with Gasteiger partial charge in [-0.25, -0.2) is 4.98 Å². The van der Waals surface area contributed by atoms with E-state index in [1.54, 1.807) is 0 Å². The third kappa shape index (κ3) is 2.96. The molecule has 0 saturated carbocycles. The van der Waals surface area contributed by atoms with Crippen molar-refractivity contribution in [1.29, 1.82) is 0 Å². The van der Waals surface area contributed by atoms with Gasteiger partial charge in [-0.2, -0.15) is 0 Å². The summed E-state index contributed by atoms with van der Waals surface area (Å²) in [4.78, 5) is 9.61. The lowest BCUT2D eigenvalue weighted by Gasteiger charge is -2.23. The van der Waals surface area contributed by atoms with Gasteiger partial charge in [0.05, 0.1) is 0 Å². The number of fused-ring (bicyclic) bond motifs is 1. The Balaban J connectivity index is 1.84. The predicted molar refractivity (Wildman–Crippen MR) is 88.8 cm³/mol. The molecule has 3 rings (SSSR count). The number of anilines is 1. The van der Waals surface area contributed by atoms with Crippen LogP contribution in [0.5, 0.6) is 0 Å². The standard InChI is InChI=1S/C16H20BrN3/c17-7-11-19-9-3-10-20(13-12-19)16-15-5-2-1-4-14(15)6-8-18-16/h1-2,4-6,8H,3,7,9-13H2. The van der Waals surface area contributed by atoms with E-state index in [2.05, 4.69) is 61.0 Å². The van der Waals surface area contributed by atoms with Crippen LogP contribution >= 0.6 is 15.9 Å². The normalized spacial score (nSPS) is 17.4. The zero-order chi connectivity index (χ0) is 13.8. The summed E-state index contributed by atoms with van der Waals surface area (Å²) in [5.41, 5.74) is 0. The van der Waals surface area contributed by atoms with Crippen LogP contribution in [0.25, 0.3) is 10.8 Å². The number of halogens is 1. The molecule has 4 heteroatoms. The van der Waals surface area contributed by atoms with Crippen LogP contribution in [-0.4, -0.2) is 47.9 Å². The van der Waals surface area contributed by atoms with Crippen LogP contribution in [0.1, 0.15) is 6.42 Å². The van der Waals surface area contributed by atoms with E-state index in [1.807, 2.05) is 6.20 Å². The van der Waals surface area contributed by atoms with E-state index in [-0.39, 0.29) is 0 Å². The number of hydrogen-bond donors (Lipinski definition) is 0. The molecule has 0 spiro atoms. The van der Waals surface area contributed by atoms with Crippen molar-refractivity contribution in [2.45, 2.75) is 6.42 Å². The molecule has 1 aromatic heterocycles. The van der Waals surface area contributed by atoms with Gasteiger partial charge in [0.1, 0.15) is 5.82 Å². The Morgan fingerprint density at radius 3 is 2.85 bits per heavy atom. The van der Waals surface area contributed by atoms with Crippen molar-refractivity contribution in [3.05, 3.63) is 36.5 Å². The maximum atomic E-state index is 4.64. The number of rotatable bonds is 3. The summed E-state index contributed by atoms with van der Waals surface area (Å²) in [5, 5.41) is 3.60. The maximum Gasteiger partial charge on any atom is 0.136 e. The number of pyridine rings is 1. The molecule has 3 nitrogen and oxygen atoms in total. The van der Waals surface area contributed by atoms with Crippen molar-refractivity contribution in [2.75, 3.05) is 43.0 Å². The van der Waals surface area contributed by atoms with Gasteiger partial charge >= 0.3 is 0 Å². The van der Waals surface area contributed by atoms with Crippen molar-refractivity contribution in [2.24, 2.45) is 0 Å². The van der Waals surface area contributed by atoms with Gasteiger partial charge < -0.3 is 9.80 Å². The molecule has 0 N–H and O–H groups in total. The zero-order valence-corrected chi connectivity index (χ0v) is 13.2. The van der Waals surface area contributed by atoms with E-state index in [0.29, 0.717) is 0 Å². The molecule has 0 aliphatic carbocycles. The second-order valence-corrected chi connectivity index (χ2v) is 6.02. The first kappa shape index (κ1) is 13.8. The number of aromatic nitrogens is 1. The molecule has 2 heterocycles. The molecule has 1 saturated heterocycles. The monoisotopic (exact) mass is 333 g/mol. The van der Waals surface area contributed by atoms with Crippen molar-refractivity contribution >= 4 is 32.5 Å². The van der Waals surface area contributed by atoms with Crippen LogP contribution in [0.2, 0.25) is 0 Å². The topological polar surface area (TPSA) is 19.4 Å². The fourth-order valence-corrected chi connectivity index (χ4v) is 3.38. The Kier molecular flexibility index (Phi) is 4.53. The Labute approximate surface area is 128 Å². The van der Waals surface area contributed by atoms with Gasteiger partial charge in [-0.1, -0.05) is 40.2 Å². The molecule has 0 unspecified atom stereocenters. The van der Waals surface area contributed by atoms with Crippen LogP contribution in [-0.2, 0) is 0 Å². The molecule has 20 heavy (non-hydrogen) atoms. The largest absolute Gasteiger partial charge is 0.355 e. The first-order valence-corrected chi connectivity index (χ1v) is 8.37. The highest BCUT2D eigenvalue weighted by molar-refractivity contribution is 9.09. The average molecular weight is 334 g/mol. The van der Waals surface area contributed by atoms with Crippen molar-refractivity contribution in [3.63, 3.8) is 0 Å². The predicted octanol–water partition coefficient (Wildman–Crippen LogP) is 3.14. The summed E-state index contributed by atoms with van der Waals surface area (Å²) >= 11 is 3.54. The number of hydrogen-bond acceptors (Lipinski definition) is 3. The second-order valence-electron chi connectivity index (χ2n) is 5.23. The molecule has 0 radical (unpaired) electrons. The van der Waals surface area contributed by atoms with Crippen molar-refractivity contribution < 1.29 is 0 Å². The molecule has 0 amide bonds. The summed E-state index contributed by atoms with van der Waals surface area (Å²) in [6, 6.07) is 10.6. The molecular formula is C16H20BrN3. The van der Waals surface area contributed by atoms with E-state index < -0.39 is 0 Å². The molecule has 1 aliphatic rings. The lowest BCUT2D eigenvalue weighted by molar-refractivity contribution is 0.313. The summed E-state index contributed by atoms with van der Waals surface area (Å²) < 4.78 is 0. The second kappa shape index (κ2) is 6.55. The van der Waals surface area contributed by atoms with Gasteiger partial charge in [0.25, 0.3) is 0 Å². The van der Waals surface area contributed by atoms with Gasteiger partial charge in [0, 0.05) is 43.1 Å². The number of benzene rings is 1. The highest BCUT2D eigenvalue weighted by atomic mass is 79.9. The first-order chi connectivity index (χ1) is 9.88. The molecule has 1 aromatic carbocycles. The van der Waals surface area contributed by atoms with Crippen LogP contribution in [0, 0.1) is 0 Å². The minimum Gasteiger partial charge on any atom is -0.355 e. The van der Waals surface area contributed by atoms with E-state index >= 15 is 0 Å². The van der Waals surface area contributed by atoms with Gasteiger partial charge in [-0.15, -0.1) is 0 Å².